The van der Waals surface area contributed by atoms with Gasteiger partial charge in [-0.25, -0.2) is 0 Å². The van der Waals surface area contributed by atoms with Crippen molar-refractivity contribution in [1.82, 2.24) is 0 Å². The van der Waals surface area contributed by atoms with Gasteiger partial charge in [0.25, 0.3) is 0 Å². The molecule has 0 aromatic carbocycles. The molecule has 0 amide bonds. The predicted octanol–water partition coefficient (Wildman–Crippen LogP) is 0.870. The molecule has 1 unspecified atom stereocenters. The molecule has 1 atom stereocenters. The number of ether oxygens (including phenoxy) is 1. The maximum absolute atomic E-state index is 10.5. The van der Waals surface area contributed by atoms with Crippen LogP contribution in [0, 0.1) is 0 Å². The molecule has 0 rings (SSSR count). The third kappa shape index (κ3) is 6.06. The highest BCUT2D eigenvalue weighted by molar-refractivity contribution is 8.00. The maximum Gasteiger partial charge on any atom is 0.159 e. The van der Waals surface area contributed by atoms with E-state index < -0.39 is 5.44 Å². The largest absolute Gasteiger partial charge is 0.363 e. The van der Waals surface area contributed by atoms with E-state index in [1.54, 1.807) is 0 Å². The molecule has 0 aliphatic rings. The van der Waals surface area contributed by atoms with E-state index in [2.05, 4.69) is 0 Å². The zero-order valence-electron chi connectivity index (χ0n) is 6.70. The summed E-state index contributed by atoms with van der Waals surface area (Å²) in [4.78, 5) is 20.6. The Balaban J connectivity index is 3.35. The summed E-state index contributed by atoms with van der Waals surface area (Å²) in [5.74, 6) is 0.783. The number of rotatable bonds is 6. The van der Waals surface area contributed by atoms with Crippen molar-refractivity contribution in [2.45, 2.75) is 18.8 Å². The van der Waals surface area contributed by atoms with Gasteiger partial charge in [0.2, 0.25) is 0 Å². The Morgan fingerprint density at radius 1 is 1.73 bits per heavy atom. The Kier molecular flexibility index (Phi) is 6.16. The highest BCUT2D eigenvalue weighted by Crippen LogP contribution is 2.10. The molecular formula is C7H12O3S. The molecule has 0 fully saturated rings. The van der Waals surface area contributed by atoms with Crippen molar-refractivity contribution < 1.29 is 14.3 Å². The molecule has 0 aromatic rings. The van der Waals surface area contributed by atoms with Crippen LogP contribution in [-0.2, 0) is 14.3 Å². The smallest absolute Gasteiger partial charge is 0.159 e. The molecule has 0 heterocycles. The zero-order valence-corrected chi connectivity index (χ0v) is 7.52. The number of carbonyl (C=O) groups is 2. The van der Waals surface area contributed by atoms with Gasteiger partial charge >= 0.3 is 0 Å². The normalized spacial score (nSPS) is 12.5. The molecule has 0 saturated carbocycles. The van der Waals surface area contributed by atoms with Gasteiger partial charge in [0, 0.05) is 19.3 Å². The molecule has 0 aliphatic carbocycles. The van der Waals surface area contributed by atoms with Crippen molar-refractivity contribution in [3.63, 3.8) is 0 Å². The van der Waals surface area contributed by atoms with Crippen LogP contribution < -0.4 is 0 Å². The van der Waals surface area contributed by atoms with Gasteiger partial charge in [-0.3, -0.25) is 9.59 Å². The number of aldehydes is 1. The number of Topliss-reactive ketones (excluding diaryl/α,β-unsaturated/α-hetero) is 1. The molecule has 0 aromatic heterocycles. The number of hydrogen-bond acceptors (Lipinski definition) is 4. The molecule has 0 radical (unpaired) electrons. The average molecular weight is 176 g/mol. The molecular weight excluding hydrogens is 164 g/mol. The fourth-order valence-corrected chi connectivity index (χ4v) is 1.33. The van der Waals surface area contributed by atoms with E-state index in [9.17, 15) is 9.59 Å². The molecule has 0 aliphatic heterocycles. The third-order valence-corrected chi connectivity index (χ3v) is 2.15. The molecule has 0 N–H and O–H groups in total. The van der Waals surface area contributed by atoms with Crippen molar-refractivity contribution in [1.29, 1.82) is 0 Å². The fourth-order valence-electron chi connectivity index (χ4n) is 0.482. The van der Waals surface area contributed by atoms with Gasteiger partial charge < -0.3 is 4.74 Å². The Hall–Kier alpha value is -0.350. The molecule has 0 spiro atoms. The summed E-state index contributed by atoms with van der Waals surface area (Å²) >= 11 is 1.34. The number of methoxy groups -OCH3 is 1. The first-order valence-electron chi connectivity index (χ1n) is 3.30. The van der Waals surface area contributed by atoms with Crippen molar-refractivity contribution in [2.75, 3.05) is 12.9 Å². The monoisotopic (exact) mass is 176 g/mol. The minimum atomic E-state index is -0.422. The first kappa shape index (κ1) is 10.7. The van der Waals surface area contributed by atoms with E-state index in [0.717, 1.165) is 6.29 Å². The number of thioether (sulfide) groups is 1. The highest BCUT2D eigenvalue weighted by atomic mass is 32.2. The lowest BCUT2D eigenvalue weighted by atomic mass is 10.4. The van der Waals surface area contributed by atoms with E-state index in [0.29, 0.717) is 12.2 Å². The Morgan fingerprint density at radius 3 is 2.73 bits per heavy atom. The van der Waals surface area contributed by atoms with E-state index in [1.165, 1.54) is 25.8 Å². The second-order valence-corrected chi connectivity index (χ2v) is 3.27. The third-order valence-electron chi connectivity index (χ3n) is 1.08. The van der Waals surface area contributed by atoms with E-state index in [1.807, 2.05) is 0 Å². The van der Waals surface area contributed by atoms with Gasteiger partial charge in [-0.2, -0.15) is 0 Å². The van der Waals surface area contributed by atoms with Gasteiger partial charge in [-0.15, -0.1) is 11.8 Å². The van der Waals surface area contributed by atoms with Crippen molar-refractivity contribution in [2.24, 2.45) is 0 Å². The van der Waals surface area contributed by atoms with Crippen LogP contribution in [-0.4, -0.2) is 30.4 Å². The second-order valence-electron chi connectivity index (χ2n) is 2.06. The molecule has 4 heteroatoms. The van der Waals surface area contributed by atoms with Crippen molar-refractivity contribution >= 4 is 23.8 Å². The Morgan fingerprint density at radius 2 is 2.36 bits per heavy atom. The predicted molar refractivity (Wildman–Crippen MR) is 44.6 cm³/mol. The van der Waals surface area contributed by atoms with Gasteiger partial charge in [-0.1, -0.05) is 0 Å². The maximum atomic E-state index is 10.5. The lowest BCUT2D eigenvalue weighted by molar-refractivity contribution is -0.116. The van der Waals surface area contributed by atoms with E-state index in [4.69, 9.17) is 4.74 Å². The van der Waals surface area contributed by atoms with Gasteiger partial charge in [0.15, 0.2) is 11.7 Å². The van der Waals surface area contributed by atoms with Crippen LogP contribution in [0.3, 0.4) is 0 Å². The zero-order chi connectivity index (χ0) is 8.69. The van der Waals surface area contributed by atoms with Gasteiger partial charge in [0.05, 0.1) is 0 Å². The van der Waals surface area contributed by atoms with E-state index >= 15 is 0 Å². The first-order chi connectivity index (χ1) is 5.20. The molecule has 3 nitrogen and oxygen atoms in total. The standard InChI is InChI=1S/C7H12O3S/c1-6(9)3-4-11-7(5-8)10-2/h5,7H,3-4H2,1-2H3. The van der Waals surface area contributed by atoms with Crippen LogP contribution in [0.2, 0.25) is 0 Å². The van der Waals surface area contributed by atoms with Crippen LogP contribution in [0.15, 0.2) is 0 Å². The lowest BCUT2D eigenvalue weighted by Gasteiger charge is -2.05. The van der Waals surface area contributed by atoms with Crippen LogP contribution in [0.4, 0.5) is 0 Å². The van der Waals surface area contributed by atoms with Crippen LogP contribution in [0.5, 0.6) is 0 Å². The quantitative estimate of drug-likeness (QED) is 0.445. The summed E-state index contributed by atoms with van der Waals surface area (Å²) in [6, 6.07) is 0. The summed E-state index contributed by atoms with van der Waals surface area (Å²) in [6.07, 6.45) is 1.23. The SMILES string of the molecule is COC(C=O)SCCC(C)=O. The number of ketones is 1. The minimum Gasteiger partial charge on any atom is -0.363 e. The van der Waals surface area contributed by atoms with Gasteiger partial charge in [0.1, 0.15) is 5.78 Å². The summed E-state index contributed by atoms with van der Waals surface area (Å²) < 4.78 is 4.76. The molecule has 0 bridgehead atoms. The summed E-state index contributed by atoms with van der Waals surface area (Å²) in [6.45, 7) is 1.53. The summed E-state index contributed by atoms with van der Waals surface area (Å²) in [7, 11) is 1.47. The van der Waals surface area contributed by atoms with Crippen LogP contribution >= 0.6 is 11.8 Å². The van der Waals surface area contributed by atoms with Crippen molar-refractivity contribution in [3.05, 3.63) is 0 Å². The lowest BCUT2D eigenvalue weighted by Crippen LogP contribution is -2.08. The Labute approximate surface area is 70.5 Å². The highest BCUT2D eigenvalue weighted by Gasteiger charge is 2.04. The molecule has 0 saturated heterocycles. The fraction of sp³-hybridized carbons (Fsp3) is 0.714. The number of carbonyl (C=O) groups excluding carboxylic acids is 2. The molecule has 11 heavy (non-hydrogen) atoms. The summed E-state index contributed by atoms with van der Waals surface area (Å²) in [5.41, 5.74) is -0.422. The molecule has 64 valence electrons. The van der Waals surface area contributed by atoms with E-state index in [-0.39, 0.29) is 5.78 Å². The first-order valence-corrected chi connectivity index (χ1v) is 4.34. The summed E-state index contributed by atoms with van der Waals surface area (Å²) in [5, 5.41) is 0. The minimum absolute atomic E-state index is 0.137. The number of hydrogen-bond donors (Lipinski definition) is 0. The topological polar surface area (TPSA) is 43.4 Å². The second kappa shape index (κ2) is 6.37. The van der Waals surface area contributed by atoms with Crippen LogP contribution in [0.25, 0.3) is 0 Å². The van der Waals surface area contributed by atoms with Crippen LogP contribution in [0.1, 0.15) is 13.3 Å². The Bertz CT molecular complexity index is 136. The average Bonchev–Trinajstić information content (AvgIpc) is 1.98. The van der Waals surface area contributed by atoms with Crippen molar-refractivity contribution in [3.8, 4) is 0 Å². The van der Waals surface area contributed by atoms with Gasteiger partial charge in [-0.05, 0) is 6.92 Å².